The van der Waals surface area contributed by atoms with Crippen molar-refractivity contribution in [1.29, 1.82) is 0 Å². The van der Waals surface area contributed by atoms with Crippen LogP contribution in [0.1, 0.15) is 11.6 Å². The van der Waals surface area contributed by atoms with Crippen molar-refractivity contribution in [1.82, 2.24) is 19.7 Å². The average Bonchev–Trinajstić information content (AvgIpc) is 2.35. The number of hydrogen-bond acceptors (Lipinski definition) is 7. The second-order valence-electron chi connectivity index (χ2n) is 3.48. The van der Waals surface area contributed by atoms with Gasteiger partial charge in [-0.1, -0.05) is 69.6 Å². The van der Waals surface area contributed by atoms with Crippen molar-refractivity contribution < 1.29 is 17.4 Å². The zero-order chi connectivity index (χ0) is 18.1. The van der Waals surface area contributed by atoms with Crippen molar-refractivity contribution in [3.05, 3.63) is 11.6 Å². The van der Waals surface area contributed by atoms with E-state index in [9.17, 15) is 13.2 Å². The van der Waals surface area contributed by atoms with Crippen LogP contribution in [-0.4, -0.2) is 36.5 Å². The average molecular weight is 468 g/mol. The van der Waals surface area contributed by atoms with Crippen molar-refractivity contribution in [3.63, 3.8) is 0 Å². The molecular weight excluding hydrogens is 463 g/mol. The maximum atomic E-state index is 11.5. The lowest BCUT2D eigenvalue weighted by Crippen LogP contribution is -2.35. The molecule has 0 radical (unpaired) electrons. The summed E-state index contributed by atoms with van der Waals surface area (Å²) in [5, 5.41) is 1.93. The molecule has 0 unspecified atom stereocenters. The number of aromatic nitrogens is 3. The minimum absolute atomic E-state index is 0.469. The standard InChI is InChI=1S/C7H5Cl6N5O4S/c1-22-23(20,21)18-5(19)17-4-15-2(6(8,9)10)14-3(16-4)7(11,12)13/h1H3,(H2,14,15,16,17,18,19). The number of hydrogen-bond donors (Lipinski definition) is 2. The fourth-order valence-corrected chi connectivity index (χ4v) is 1.84. The van der Waals surface area contributed by atoms with Crippen LogP contribution in [-0.2, 0) is 22.1 Å². The molecule has 16 heteroatoms. The first-order valence-electron chi connectivity index (χ1n) is 5.04. The van der Waals surface area contributed by atoms with E-state index in [0.717, 1.165) is 7.11 Å². The Labute approximate surface area is 160 Å². The van der Waals surface area contributed by atoms with Crippen molar-refractivity contribution in [2.75, 3.05) is 12.4 Å². The highest BCUT2D eigenvalue weighted by Crippen LogP contribution is 2.40. The first kappa shape index (κ1) is 21.0. The summed E-state index contributed by atoms with van der Waals surface area (Å²) in [5.41, 5.74) is 0. The number of rotatable bonds is 3. The van der Waals surface area contributed by atoms with E-state index in [1.54, 1.807) is 0 Å². The number of urea groups is 1. The maximum absolute atomic E-state index is 11.5. The monoisotopic (exact) mass is 465 g/mol. The quantitative estimate of drug-likeness (QED) is 0.654. The lowest BCUT2D eigenvalue weighted by atomic mass is 10.6. The van der Waals surface area contributed by atoms with Crippen molar-refractivity contribution in [2.24, 2.45) is 0 Å². The molecule has 1 heterocycles. The van der Waals surface area contributed by atoms with E-state index in [-0.39, 0.29) is 0 Å². The van der Waals surface area contributed by atoms with Crippen LogP contribution in [0.2, 0.25) is 0 Å². The summed E-state index contributed by atoms with van der Waals surface area (Å²) < 4.78 is 23.4. The number of carbonyl (C=O) groups is 1. The molecule has 1 aromatic heterocycles. The number of nitrogens with zero attached hydrogens (tertiary/aromatic N) is 3. The SMILES string of the molecule is COS(=O)(=O)NC(=O)Nc1nc(C(Cl)(Cl)Cl)nc(C(Cl)(Cl)Cl)n1. The Kier molecular flexibility index (Phi) is 6.79. The highest BCUT2D eigenvalue weighted by molar-refractivity contribution is 7.85. The molecule has 1 aromatic rings. The lowest BCUT2D eigenvalue weighted by Gasteiger charge is -2.15. The minimum Gasteiger partial charge on any atom is -0.275 e. The largest absolute Gasteiger partial charge is 0.363 e. The number of nitrogens with one attached hydrogen (secondary N) is 2. The number of alkyl halides is 6. The first-order chi connectivity index (χ1) is 10.2. The van der Waals surface area contributed by atoms with E-state index in [0.29, 0.717) is 0 Å². The predicted octanol–water partition coefficient (Wildman–Crippen LogP) is 2.54. The molecule has 0 bridgehead atoms. The zero-order valence-corrected chi connectivity index (χ0v) is 16.0. The normalized spacial score (nSPS) is 12.8. The van der Waals surface area contributed by atoms with Gasteiger partial charge in [0.1, 0.15) is 0 Å². The topological polar surface area (TPSA) is 123 Å². The third-order valence-electron chi connectivity index (χ3n) is 1.80. The van der Waals surface area contributed by atoms with Crippen LogP contribution >= 0.6 is 69.6 Å². The van der Waals surface area contributed by atoms with Gasteiger partial charge >= 0.3 is 16.3 Å². The highest BCUT2D eigenvalue weighted by Gasteiger charge is 2.34. The molecule has 130 valence electrons. The Hall–Kier alpha value is -0.0700. The van der Waals surface area contributed by atoms with Gasteiger partial charge in [0.25, 0.3) is 0 Å². The Morgan fingerprint density at radius 1 is 1.00 bits per heavy atom. The lowest BCUT2D eigenvalue weighted by molar-refractivity contribution is 0.255. The van der Waals surface area contributed by atoms with Crippen molar-refractivity contribution in [3.8, 4) is 0 Å². The molecule has 23 heavy (non-hydrogen) atoms. The summed E-state index contributed by atoms with van der Waals surface area (Å²) in [6.45, 7) is 0. The molecule has 0 aliphatic carbocycles. The Morgan fingerprint density at radius 3 is 1.78 bits per heavy atom. The molecule has 0 aliphatic rings. The second kappa shape index (κ2) is 7.44. The van der Waals surface area contributed by atoms with E-state index in [1.807, 2.05) is 5.32 Å². The van der Waals surface area contributed by atoms with Crippen LogP contribution in [0.3, 0.4) is 0 Å². The molecule has 0 spiro atoms. The summed E-state index contributed by atoms with van der Waals surface area (Å²) in [6, 6.07) is -1.27. The maximum Gasteiger partial charge on any atom is 0.363 e. The van der Waals surface area contributed by atoms with Crippen LogP contribution in [0.25, 0.3) is 0 Å². The molecule has 0 atom stereocenters. The molecule has 0 aliphatic heterocycles. The van der Waals surface area contributed by atoms with Gasteiger partial charge in [0.2, 0.25) is 13.5 Å². The Bertz CT molecular complexity index is 670. The van der Waals surface area contributed by atoms with Gasteiger partial charge in [0.05, 0.1) is 7.11 Å². The summed E-state index contributed by atoms with van der Waals surface area (Å²) in [5.74, 6) is -1.47. The predicted molar refractivity (Wildman–Crippen MR) is 86.4 cm³/mol. The molecule has 0 fully saturated rings. The third-order valence-corrected chi connectivity index (χ3v) is 3.69. The van der Waals surface area contributed by atoms with Crippen LogP contribution in [0, 0.1) is 0 Å². The van der Waals surface area contributed by atoms with Crippen LogP contribution in [0.15, 0.2) is 0 Å². The van der Waals surface area contributed by atoms with Gasteiger partial charge in [-0.3, -0.25) is 9.50 Å². The molecule has 0 saturated heterocycles. The highest BCUT2D eigenvalue weighted by atomic mass is 35.6. The van der Waals surface area contributed by atoms with Gasteiger partial charge in [-0.2, -0.15) is 18.4 Å². The third kappa shape index (κ3) is 6.75. The molecule has 9 nitrogen and oxygen atoms in total. The van der Waals surface area contributed by atoms with E-state index >= 15 is 0 Å². The summed E-state index contributed by atoms with van der Waals surface area (Å²) in [6.07, 6.45) is 0. The van der Waals surface area contributed by atoms with Crippen molar-refractivity contribution in [2.45, 2.75) is 7.59 Å². The van der Waals surface area contributed by atoms with Gasteiger partial charge < -0.3 is 0 Å². The number of anilines is 1. The smallest absolute Gasteiger partial charge is 0.275 e. The van der Waals surface area contributed by atoms with E-state index in [4.69, 9.17) is 69.6 Å². The molecule has 1 rings (SSSR count). The fourth-order valence-electron chi connectivity index (χ4n) is 0.968. The van der Waals surface area contributed by atoms with Gasteiger partial charge in [-0.15, -0.1) is 0 Å². The van der Waals surface area contributed by atoms with Gasteiger partial charge in [-0.05, 0) is 0 Å². The van der Waals surface area contributed by atoms with Gasteiger partial charge in [-0.25, -0.2) is 14.5 Å². The summed E-state index contributed by atoms with van der Waals surface area (Å²) in [4.78, 5) is 22.4. The molecule has 0 saturated carbocycles. The second-order valence-corrected chi connectivity index (χ2v) is 9.49. The number of halogens is 6. The van der Waals surface area contributed by atoms with E-state index in [1.165, 1.54) is 4.72 Å². The number of carbonyl (C=O) groups excluding carboxylic acids is 1. The van der Waals surface area contributed by atoms with Crippen LogP contribution in [0.4, 0.5) is 10.7 Å². The minimum atomic E-state index is -4.31. The summed E-state index contributed by atoms with van der Waals surface area (Å²) >= 11 is 33.7. The van der Waals surface area contributed by atoms with Crippen LogP contribution < -0.4 is 10.0 Å². The van der Waals surface area contributed by atoms with Crippen LogP contribution in [0.5, 0.6) is 0 Å². The fraction of sp³-hybridized carbons (Fsp3) is 0.429. The van der Waals surface area contributed by atoms with Gasteiger partial charge in [0.15, 0.2) is 11.6 Å². The molecule has 0 aromatic carbocycles. The van der Waals surface area contributed by atoms with E-state index in [2.05, 4.69) is 19.1 Å². The zero-order valence-electron chi connectivity index (χ0n) is 10.7. The molecule has 2 N–H and O–H groups in total. The van der Waals surface area contributed by atoms with Gasteiger partial charge in [0, 0.05) is 0 Å². The molecular formula is C7H5Cl6N5O4S. The first-order valence-corrected chi connectivity index (χ1v) is 8.72. The Morgan fingerprint density at radius 2 is 1.43 bits per heavy atom. The van der Waals surface area contributed by atoms with E-state index < -0.39 is 41.5 Å². The number of amides is 2. The molecule has 2 amide bonds. The Balaban J connectivity index is 3.18. The summed E-state index contributed by atoms with van der Waals surface area (Å²) in [7, 11) is -3.47. The van der Waals surface area contributed by atoms with Crippen molar-refractivity contribution >= 4 is 91.9 Å².